The molecule has 0 bridgehead atoms. The highest BCUT2D eigenvalue weighted by Gasteiger charge is 2.35. The fraction of sp³-hybridized carbons (Fsp3) is 0.0500. The molecule has 1 aliphatic rings. The molecule has 0 radical (unpaired) electrons. The van der Waals surface area contributed by atoms with Crippen LogP contribution >= 0.6 is 15.9 Å². The van der Waals surface area contributed by atoms with Gasteiger partial charge in [0.25, 0.3) is 11.8 Å². The molecule has 1 aliphatic heterocycles. The molecule has 0 spiro atoms. The number of carbonyl (C=O) groups is 2. The van der Waals surface area contributed by atoms with Gasteiger partial charge in [0.2, 0.25) is 0 Å². The molecule has 3 aromatic rings. The number of hydrogen-bond donors (Lipinski definition) is 2. The molecule has 0 unspecified atom stereocenters. The molecular weight excluding hydrogens is 408 g/mol. The Morgan fingerprint density at radius 1 is 1.04 bits per heavy atom. The van der Waals surface area contributed by atoms with Gasteiger partial charge in [-0.15, -0.1) is 0 Å². The van der Waals surface area contributed by atoms with Crippen molar-refractivity contribution in [3.8, 4) is 0 Å². The number of nitrogens with zero attached hydrogens (tertiary/aromatic N) is 2. The third-order valence-corrected chi connectivity index (χ3v) is 4.75. The van der Waals surface area contributed by atoms with Crippen LogP contribution in [-0.2, 0) is 0 Å². The van der Waals surface area contributed by atoms with Crippen LogP contribution in [-0.4, -0.2) is 21.8 Å². The molecule has 0 saturated carbocycles. The molecule has 27 heavy (non-hydrogen) atoms. The van der Waals surface area contributed by atoms with E-state index in [-0.39, 0.29) is 11.8 Å². The van der Waals surface area contributed by atoms with Crippen LogP contribution in [0.15, 0.2) is 77.4 Å². The number of hydrogen-bond acceptors (Lipinski definition) is 4. The first-order chi connectivity index (χ1) is 13.1. The third kappa shape index (κ3) is 3.41. The Labute approximate surface area is 164 Å². The molecule has 2 amide bonds. The van der Waals surface area contributed by atoms with E-state index in [0.29, 0.717) is 22.5 Å². The van der Waals surface area contributed by atoms with Crippen molar-refractivity contribution in [1.82, 2.24) is 15.4 Å². The Morgan fingerprint density at radius 2 is 1.78 bits per heavy atom. The van der Waals surface area contributed by atoms with Crippen molar-refractivity contribution >= 4 is 33.4 Å². The standard InChI is InChI=1S/C20H15BrN4O2/c21-14-10-8-13(9-11-14)19(26)24-25-18(17-7-3-4-12-22-17)23-16-6-2-1-5-15(16)20(25)27/h1-12,18,23H,(H,24,26)/t18-/m0/s1. The normalized spacial score (nSPS) is 15.7. The number of halogens is 1. The molecule has 0 fully saturated rings. The molecule has 2 N–H and O–H groups in total. The fourth-order valence-electron chi connectivity index (χ4n) is 2.89. The summed E-state index contributed by atoms with van der Waals surface area (Å²) in [6.07, 6.45) is 1.03. The first-order valence-electron chi connectivity index (χ1n) is 8.30. The van der Waals surface area contributed by atoms with Gasteiger partial charge in [0.15, 0.2) is 6.17 Å². The van der Waals surface area contributed by atoms with Crippen LogP contribution in [0.4, 0.5) is 5.69 Å². The van der Waals surface area contributed by atoms with E-state index < -0.39 is 6.17 Å². The quantitative estimate of drug-likeness (QED) is 0.673. The van der Waals surface area contributed by atoms with E-state index in [1.807, 2.05) is 18.2 Å². The van der Waals surface area contributed by atoms with Gasteiger partial charge in [0.1, 0.15) is 0 Å². The summed E-state index contributed by atoms with van der Waals surface area (Å²) in [4.78, 5) is 30.1. The van der Waals surface area contributed by atoms with Crippen LogP contribution in [0.3, 0.4) is 0 Å². The Hall–Kier alpha value is -3.19. The zero-order chi connectivity index (χ0) is 18.8. The lowest BCUT2D eigenvalue weighted by Crippen LogP contribution is -2.53. The third-order valence-electron chi connectivity index (χ3n) is 4.22. The Morgan fingerprint density at radius 3 is 2.52 bits per heavy atom. The summed E-state index contributed by atoms with van der Waals surface area (Å²) in [7, 11) is 0. The number of nitrogens with one attached hydrogen (secondary N) is 2. The number of carbonyl (C=O) groups excluding carboxylic acids is 2. The lowest BCUT2D eigenvalue weighted by molar-refractivity contribution is 0.0486. The van der Waals surface area contributed by atoms with Crippen molar-refractivity contribution in [3.63, 3.8) is 0 Å². The molecule has 6 nitrogen and oxygen atoms in total. The highest BCUT2D eigenvalue weighted by atomic mass is 79.9. The first-order valence-corrected chi connectivity index (χ1v) is 9.09. The number of anilines is 1. The maximum Gasteiger partial charge on any atom is 0.276 e. The van der Waals surface area contributed by atoms with E-state index in [1.54, 1.807) is 54.7 Å². The van der Waals surface area contributed by atoms with Crippen molar-refractivity contribution in [3.05, 3.63) is 94.2 Å². The molecule has 2 aromatic carbocycles. The Bertz CT molecular complexity index is 992. The zero-order valence-corrected chi connectivity index (χ0v) is 15.7. The summed E-state index contributed by atoms with van der Waals surface area (Å²) in [6.45, 7) is 0. The van der Waals surface area contributed by atoms with Gasteiger partial charge in [-0.05, 0) is 48.5 Å². The van der Waals surface area contributed by atoms with Gasteiger partial charge < -0.3 is 5.32 Å². The molecule has 1 atom stereocenters. The number of hydrazine groups is 1. The Kier molecular flexibility index (Phi) is 4.60. The minimum absolute atomic E-state index is 0.300. The first kappa shape index (κ1) is 17.2. The van der Waals surface area contributed by atoms with Crippen molar-refractivity contribution in [2.45, 2.75) is 6.17 Å². The largest absolute Gasteiger partial charge is 0.358 e. The lowest BCUT2D eigenvalue weighted by atomic mass is 10.1. The van der Waals surface area contributed by atoms with E-state index in [4.69, 9.17) is 0 Å². The van der Waals surface area contributed by atoms with Crippen LogP contribution in [0.5, 0.6) is 0 Å². The van der Waals surface area contributed by atoms with Crippen molar-refractivity contribution in [2.75, 3.05) is 5.32 Å². The van der Waals surface area contributed by atoms with Gasteiger partial charge in [0, 0.05) is 21.9 Å². The van der Waals surface area contributed by atoms with E-state index in [1.165, 1.54) is 5.01 Å². The van der Waals surface area contributed by atoms with E-state index in [2.05, 4.69) is 31.7 Å². The highest BCUT2D eigenvalue weighted by molar-refractivity contribution is 9.10. The van der Waals surface area contributed by atoms with E-state index in [0.717, 1.165) is 4.47 Å². The summed E-state index contributed by atoms with van der Waals surface area (Å²) in [5.74, 6) is -0.677. The van der Waals surface area contributed by atoms with Crippen LogP contribution in [0, 0.1) is 0 Å². The molecular formula is C20H15BrN4O2. The predicted molar refractivity (Wildman–Crippen MR) is 105 cm³/mol. The summed E-state index contributed by atoms with van der Waals surface area (Å²) in [5.41, 5.74) is 4.98. The van der Waals surface area contributed by atoms with E-state index >= 15 is 0 Å². The van der Waals surface area contributed by atoms with Gasteiger partial charge >= 0.3 is 0 Å². The van der Waals surface area contributed by atoms with Gasteiger partial charge in [-0.25, -0.2) is 5.01 Å². The van der Waals surface area contributed by atoms with Gasteiger partial charge in [-0.3, -0.25) is 20.0 Å². The summed E-state index contributed by atoms with van der Waals surface area (Å²) < 4.78 is 0.870. The highest BCUT2D eigenvalue weighted by Crippen LogP contribution is 2.31. The average molecular weight is 423 g/mol. The minimum Gasteiger partial charge on any atom is -0.358 e. The number of fused-ring (bicyclic) bond motifs is 1. The zero-order valence-electron chi connectivity index (χ0n) is 14.1. The maximum atomic E-state index is 13.1. The predicted octanol–water partition coefficient (Wildman–Crippen LogP) is 3.76. The van der Waals surface area contributed by atoms with Gasteiger partial charge in [0.05, 0.1) is 11.3 Å². The molecule has 2 heterocycles. The van der Waals surface area contributed by atoms with Crippen molar-refractivity contribution in [2.24, 2.45) is 0 Å². The summed E-state index contributed by atoms with van der Waals surface area (Å²) in [5, 5.41) is 4.57. The SMILES string of the molecule is O=C(NN1C(=O)c2ccccc2N[C@@H]1c1ccccn1)c1ccc(Br)cc1. The van der Waals surface area contributed by atoms with E-state index in [9.17, 15) is 9.59 Å². The molecule has 4 rings (SSSR count). The van der Waals surface area contributed by atoms with Crippen LogP contribution in [0.2, 0.25) is 0 Å². The van der Waals surface area contributed by atoms with Gasteiger partial charge in [-0.2, -0.15) is 0 Å². The molecule has 1 aromatic heterocycles. The second kappa shape index (κ2) is 7.20. The average Bonchev–Trinajstić information content (AvgIpc) is 2.71. The number of benzene rings is 2. The molecule has 7 heteroatoms. The van der Waals surface area contributed by atoms with Gasteiger partial charge in [-0.1, -0.05) is 34.1 Å². The minimum atomic E-state index is -0.618. The van der Waals surface area contributed by atoms with Crippen LogP contribution in [0.25, 0.3) is 0 Å². The number of rotatable bonds is 3. The topological polar surface area (TPSA) is 74.3 Å². The maximum absolute atomic E-state index is 13.1. The molecule has 0 aliphatic carbocycles. The van der Waals surface area contributed by atoms with Crippen molar-refractivity contribution < 1.29 is 9.59 Å². The summed E-state index contributed by atoms with van der Waals surface area (Å²) >= 11 is 3.35. The number of pyridine rings is 1. The number of amides is 2. The molecule has 134 valence electrons. The smallest absolute Gasteiger partial charge is 0.276 e. The second-order valence-electron chi connectivity index (χ2n) is 5.97. The number of aromatic nitrogens is 1. The Balaban J connectivity index is 1.69. The monoisotopic (exact) mass is 422 g/mol. The number of para-hydroxylation sites is 1. The van der Waals surface area contributed by atoms with Crippen LogP contribution in [0.1, 0.15) is 32.6 Å². The lowest BCUT2D eigenvalue weighted by Gasteiger charge is -2.37. The summed E-state index contributed by atoms with van der Waals surface area (Å²) in [6, 6.07) is 19.5. The second-order valence-corrected chi connectivity index (χ2v) is 6.89. The fourth-order valence-corrected chi connectivity index (χ4v) is 3.15. The molecule has 0 saturated heterocycles. The van der Waals surface area contributed by atoms with Crippen LogP contribution < -0.4 is 10.7 Å². The van der Waals surface area contributed by atoms with Crippen molar-refractivity contribution in [1.29, 1.82) is 0 Å².